The van der Waals surface area contributed by atoms with Gasteiger partial charge in [-0.05, 0) is 29.8 Å². The van der Waals surface area contributed by atoms with Gasteiger partial charge in [-0.25, -0.2) is 0 Å². The van der Waals surface area contributed by atoms with Crippen molar-refractivity contribution in [3.8, 4) is 11.5 Å². The molecule has 0 bridgehead atoms. The van der Waals surface area contributed by atoms with Crippen molar-refractivity contribution in [2.45, 2.75) is 26.6 Å². The van der Waals surface area contributed by atoms with E-state index in [-0.39, 0.29) is 5.91 Å². The number of methoxy groups -OCH3 is 2. The smallest absolute Gasteiger partial charge is 0.227 e. The minimum atomic E-state index is -0.00167. The molecule has 0 amide bonds. The lowest BCUT2D eigenvalue weighted by atomic mass is 10.1. The Bertz CT molecular complexity index is 1220. The van der Waals surface area contributed by atoms with Crippen LogP contribution >= 0.6 is 0 Å². The van der Waals surface area contributed by atoms with Crippen molar-refractivity contribution in [1.29, 1.82) is 0 Å². The van der Waals surface area contributed by atoms with Gasteiger partial charge in [0.2, 0.25) is 5.91 Å². The Labute approximate surface area is 188 Å². The Morgan fingerprint density at radius 1 is 0.906 bits per heavy atom. The predicted molar refractivity (Wildman–Crippen MR) is 125 cm³/mol. The highest BCUT2D eigenvalue weighted by Gasteiger charge is 2.18. The number of aromatic nitrogens is 2. The largest absolute Gasteiger partial charge is 0.493 e. The van der Waals surface area contributed by atoms with Crippen molar-refractivity contribution >= 4 is 16.8 Å². The monoisotopic (exact) mass is 429 g/mol. The van der Waals surface area contributed by atoms with E-state index in [2.05, 4.69) is 16.0 Å². The Hall–Kier alpha value is -3.64. The lowest BCUT2D eigenvalue weighted by Crippen LogP contribution is -2.23. The van der Waals surface area contributed by atoms with Gasteiger partial charge in [0.05, 0.1) is 25.4 Å². The van der Waals surface area contributed by atoms with Crippen molar-refractivity contribution in [1.82, 2.24) is 14.5 Å². The lowest BCUT2D eigenvalue weighted by Gasteiger charge is -2.23. The summed E-state index contributed by atoms with van der Waals surface area (Å²) in [5.74, 6) is 1.43. The molecule has 0 aliphatic rings. The van der Waals surface area contributed by atoms with Crippen LogP contribution in [0.2, 0.25) is 0 Å². The third-order valence-electron chi connectivity index (χ3n) is 5.52. The van der Waals surface area contributed by atoms with E-state index in [0.717, 1.165) is 33.5 Å². The molecule has 0 N–H and O–H groups in total. The second-order valence-electron chi connectivity index (χ2n) is 7.68. The molecule has 0 saturated carbocycles. The van der Waals surface area contributed by atoms with Crippen LogP contribution in [0.15, 0.2) is 73.1 Å². The fraction of sp³-hybridized carbons (Fsp3) is 0.231. The van der Waals surface area contributed by atoms with E-state index in [4.69, 9.17) is 9.47 Å². The minimum Gasteiger partial charge on any atom is -0.493 e. The fourth-order valence-corrected chi connectivity index (χ4v) is 4.09. The van der Waals surface area contributed by atoms with Crippen LogP contribution in [0.1, 0.15) is 28.5 Å². The Balaban J connectivity index is 1.72. The maximum Gasteiger partial charge on any atom is 0.227 e. The van der Waals surface area contributed by atoms with Gasteiger partial charge in [0.15, 0.2) is 11.5 Å². The average molecular weight is 430 g/mol. The molecule has 0 aliphatic heterocycles. The van der Waals surface area contributed by atoms with Crippen molar-refractivity contribution in [3.05, 3.63) is 89.9 Å². The second kappa shape index (κ2) is 9.66. The van der Waals surface area contributed by atoms with Crippen molar-refractivity contribution < 1.29 is 14.3 Å². The summed E-state index contributed by atoms with van der Waals surface area (Å²) >= 11 is 0. The zero-order valence-corrected chi connectivity index (χ0v) is 18.6. The molecule has 0 radical (unpaired) electrons. The number of hydrogen-bond acceptors (Lipinski definition) is 5. The highest BCUT2D eigenvalue weighted by molar-refractivity contribution is 5.93. The summed E-state index contributed by atoms with van der Waals surface area (Å²) in [6.45, 7) is 3.53. The quantitative estimate of drug-likeness (QED) is 0.398. The number of rotatable bonds is 8. The van der Waals surface area contributed by atoms with Gasteiger partial charge in [-0.3, -0.25) is 19.2 Å². The normalized spacial score (nSPS) is 11.1. The van der Waals surface area contributed by atoms with Gasteiger partial charge in [-0.15, -0.1) is 0 Å². The Morgan fingerprint density at radius 3 is 2.41 bits per heavy atom. The maximum atomic E-state index is 12.2. The molecule has 0 fully saturated rings. The number of nitrogens with zero attached hydrogens (tertiary/aromatic N) is 3. The number of fused-ring (bicyclic) bond motifs is 1. The molecule has 32 heavy (non-hydrogen) atoms. The van der Waals surface area contributed by atoms with Gasteiger partial charge < -0.3 is 9.47 Å². The van der Waals surface area contributed by atoms with E-state index >= 15 is 0 Å². The number of carbonyl (C=O) groups excluding carboxylic acids is 1. The van der Waals surface area contributed by atoms with Crippen LogP contribution in [0.25, 0.3) is 10.9 Å². The summed E-state index contributed by atoms with van der Waals surface area (Å²) in [4.78, 5) is 19.0. The summed E-state index contributed by atoms with van der Waals surface area (Å²) in [5.41, 5.74) is 4.02. The SMILES string of the molecule is COc1cccc(CN(Cc2ccccn2)Cc2cn(C(C)=O)c3ccccc23)c1OC. The molecule has 4 rings (SSSR count). The third kappa shape index (κ3) is 4.50. The van der Waals surface area contributed by atoms with Crippen LogP contribution < -0.4 is 9.47 Å². The summed E-state index contributed by atoms with van der Waals surface area (Å²) in [6, 6.07) is 19.9. The van der Waals surface area contributed by atoms with Crippen LogP contribution in [0.3, 0.4) is 0 Å². The number of hydrogen-bond donors (Lipinski definition) is 0. The first-order valence-electron chi connectivity index (χ1n) is 10.5. The molecule has 0 atom stereocenters. The van der Waals surface area contributed by atoms with Crippen LogP contribution in [0.4, 0.5) is 0 Å². The van der Waals surface area contributed by atoms with Crippen LogP contribution in [0, 0.1) is 0 Å². The van der Waals surface area contributed by atoms with E-state index in [1.54, 1.807) is 31.9 Å². The first-order chi connectivity index (χ1) is 15.6. The summed E-state index contributed by atoms with van der Waals surface area (Å²) in [5, 5.41) is 1.08. The van der Waals surface area contributed by atoms with E-state index in [9.17, 15) is 4.79 Å². The minimum absolute atomic E-state index is 0.00167. The number of pyridine rings is 1. The van der Waals surface area contributed by atoms with Crippen molar-refractivity contribution in [2.75, 3.05) is 14.2 Å². The molecule has 2 aromatic heterocycles. The molecule has 0 saturated heterocycles. The standard InChI is InChI=1S/C26H27N3O3/c1-19(30)29-17-21(23-11-4-5-12-24(23)29)16-28(18-22-10-6-7-14-27-22)15-20-9-8-13-25(31-2)26(20)32-3/h4-14,17H,15-16,18H2,1-3H3. The number of para-hydroxylation sites is 2. The lowest BCUT2D eigenvalue weighted by molar-refractivity contribution is 0.0941. The second-order valence-corrected chi connectivity index (χ2v) is 7.68. The molecule has 0 aliphatic carbocycles. The van der Waals surface area contributed by atoms with Gasteiger partial charge >= 0.3 is 0 Å². The van der Waals surface area contributed by atoms with E-state index in [0.29, 0.717) is 25.4 Å². The molecule has 6 heteroatoms. The van der Waals surface area contributed by atoms with Gasteiger partial charge in [-0.2, -0.15) is 0 Å². The molecule has 2 heterocycles. The first kappa shape index (κ1) is 21.6. The van der Waals surface area contributed by atoms with Gasteiger partial charge in [0.1, 0.15) is 0 Å². The summed E-state index contributed by atoms with van der Waals surface area (Å²) < 4.78 is 12.9. The van der Waals surface area contributed by atoms with Crippen molar-refractivity contribution in [2.24, 2.45) is 0 Å². The van der Waals surface area contributed by atoms with E-state index < -0.39 is 0 Å². The van der Waals surface area contributed by atoms with Crippen LogP contribution in [-0.2, 0) is 19.6 Å². The Kier molecular flexibility index (Phi) is 6.52. The van der Waals surface area contributed by atoms with E-state index in [1.165, 1.54) is 0 Å². The number of benzene rings is 2. The molecule has 6 nitrogen and oxygen atoms in total. The van der Waals surface area contributed by atoms with E-state index in [1.807, 2.05) is 60.8 Å². The van der Waals surface area contributed by atoms with Gasteiger partial charge in [0.25, 0.3) is 0 Å². The number of ether oxygens (including phenoxy) is 2. The molecule has 0 spiro atoms. The topological polar surface area (TPSA) is 56.6 Å². The fourth-order valence-electron chi connectivity index (χ4n) is 4.09. The highest BCUT2D eigenvalue weighted by Crippen LogP contribution is 2.32. The van der Waals surface area contributed by atoms with Crippen molar-refractivity contribution in [3.63, 3.8) is 0 Å². The van der Waals surface area contributed by atoms with Crippen LogP contribution in [0.5, 0.6) is 11.5 Å². The average Bonchev–Trinajstić information content (AvgIpc) is 3.18. The summed E-state index contributed by atoms with van der Waals surface area (Å²) in [7, 11) is 3.30. The Morgan fingerprint density at radius 2 is 1.69 bits per heavy atom. The number of carbonyl (C=O) groups is 1. The molecule has 2 aromatic carbocycles. The predicted octanol–water partition coefficient (Wildman–Crippen LogP) is 4.92. The molecule has 164 valence electrons. The third-order valence-corrected chi connectivity index (χ3v) is 5.52. The maximum absolute atomic E-state index is 12.2. The molecular formula is C26H27N3O3. The van der Waals surface area contributed by atoms with Crippen LogP contribution in [-0.4, -0.2) is 34.6 Å². The first-order valence-corrected chi connectivity index (χ1v) is 10.5. The highest BCUT2D eigenvalue weighted by atomic mass is 16.5. The zero-order chi connectivity index (χ0) is 22.5. The van der Waals surface area contributed by atoms with Gasteiger partial charge in [0, 0.05) is 49.9 Å². The summed E-state index contributed by atoms with van der Waals surface area (Å²) in [6.07, 6.45) is 3.75. The zero-order valence-electron chi connectivity index (χ0n) is 18.6. The van der Waals surface area contributed by atoms with Gasteiger partial charge in [-0.1, -0.05) is 36.4 Å². The molecule has 0 unspecified atom stereocenters. The molecular weight excluding hydrogens is 402 g/mol. The molecule has 4 aromatic rings.